The fourth-order valence-corrected chi connectivity index (χ4v) is 44.0. The van der Waals surface area contributed by atoms with Gasteiger partial charge in [0, 0.05) is 0 Å². The summed E-state index contributed by atoms with van der Waals surface area (Å²) in [5.41, 5.74) is 0. The van der Waals surface area contributed by atoms with Gasteiger partial charge in [0.2, 0.25) is 3.42 Å². The molecule has 0 atom stereocenters. The second-order valence-electron chi connectivity index (χ2n) is 11.1. The first-order valence-electron chi connectivity index (χ1n) is 12.6. The monoisotopic (exact) mass is 3390 g/mol. The van der Waals surface area contributed by atoms with Crippen LogP contribution >= 0.6 is 621 Å². The van der Waals surface area contributed by atoms with E-state index in [1.165, 1.54) is 0 Å². The Hall–Kier alpha value is 18.6. The van der Waals surface area contributed by atoms with Crippen LogP contribution in [0.5, 0.6) is 0 Å². The first kappa shape index (κ1) is 80.6. The second kappa shape index (κ2) is 26.4. The zero-order chi connectivity index (χ0) is 51.8. The molecular formula is C19HBr39O3S. The Morgan fingerprint density at radius 1 is 0.194 bits per heavy atom. The molecule has 3 nitrogen and oxygen atoms in total. The molecule has 0 saturated carbocycles. The van der Waals surface area contributed by atoms with E-state index in [9.17, 15) is 8.42 Å². The Balaban J connectivity index is 7.95. The van der Waals surface area contributed by atoms with Gasteiger partial charge < -0.3 is 0 Å². The second-order valence-corrected chi connectivity index (χ2v) is 80.3. The molecule has 0 aliphatic heterocycles. The van der Waals surface area contributed by atoms with Crippen molar-refractivity contribution in [1.82, 2.24) is 0 Å². The Bertz CT molecular complexity index is 1720. The van der Waals surface area contributed by atoms with Crippen LogP contribution < -0.4 is 0 Å². The van der Waals surface area contributed by atoms with Crippen molar-refractivity contribution in [2.45, 2.75) is 60.5 Å². The number of halogens is 39. The zero-order valence-electron chi connectivity index (χ0n) is 25.9. The number of hydrogen-bond donors (Lipinski definition) is 1. The van der Waals surface area contributed by atoms with Crippen molar-refractivity contribution in [3.8, 4) is 0 Å². The molecule has 0 aromatic heterocycles. The zero-order valence-corrected chi connectivity index (χ0v) is 88.7. The molecule has 0 unspecified atom stereocenters. The van der Waals surface area contributed by atoms with Gasteiger partial charge in [-0.3, -0.25) is 0 Å². The van der Waals surface area contributed by atoms with Gasteiger partial charge in [0.05, 0.1) is 0 Å². The number of rotatable bonds is 19. The molecule has 0 radical (unpaired) electrons. The molecule has 0 bridgehead atoms. The molecule has 43 heteroatoms. The summed E-state index contributed by atoms with van der Waals surface area (Å²) < 4.78 is 2.29. The van der Waals surface area contributed by atoms with Gasteiger partial charge in [0.1, 0.15) is 51.7 Å². The van der Waals surface area contributed by atoms with Gasteiger partial charge in [-0.15, -0.1) is 0 Å². The Morgan fingerprint density at radius 2 is 0.306 bits per heavy atom. The van der Waals surface area contributed by atoms with E-state index in [2.05, 4.69) is 621 Å². The van der Waals surface area contributed by atoms with Gasteiger partial charge in [0.25, 0.3) is 11.0 Å². The van der Waals surface area contributed by atoms with Gasteiger partial charge in [-0.25, -0.2) is 12.6 Å². The maximum absolute atomic E-state index is 11.8. The lowest BCUT2D eigenvalue weighted by Gasteiger charge is -2.62. The van der Waals surface area contributed by atoms with Crippen LogP contribution in [0.25, 0.3) is 0 Å². The quantitative estimate of drug-likeness (QED) is 0.104. The van der Waals surface area contributed by atoms with E-state index in [4.69, 9.17) is 4.18 Å². The predicted molar refractivity (Wildman–Crippen MR) is 411 cm³/mol. The highest BCUT2D eigenvalue weighted by atomic mass is 80.0. The molecule has 0 spiro atoms. The van der Waals surface area contributed by atoms with Crippen LogP contribution in [0, 0.1) is 0 Å². The van der Waals surface area contributed by atoms with Crippen molar-refractivity contribution in [2.24, 2.45) is 0 Å². The predicted octanol–water partition coefficient (Wildman–Crippen LogP) is 28.1. The maximum atomic E-state index is 11.8. The summed E-state index contributed by atoms with van der Waals surface area (Å²) in [5, 5.41) is 0. The average Bonchev–Trinajstić information content (AvgIpc) is 3.01. The maximum Gasteiger partial charge on any atom is 0.259 e. The van der Waals surface area contributed by atoms with Crippen LogP contribution in [0.1, 0.15) is 0 Å². The van der Waals surface area contributed by atoms with Crippen molar-refractivity contribution in [2.75, 3.05) is 0 Å². The van der Waals surface area contributed by atoms with Crippen molar-refractivity contribution in [3.63, 3.8) is 0 Å². The van der Waals surface area contributed by atoms with Gasteiger partial charge in [0.15, 0.2) is 5.38 Å². The summed E-state index contributed by atoms with van der Waals surface area (Å²) in [4.78, 5) is 0. The number of thiol groups is 1. The van der Waals surface area contributed by atoms with Crippen LogP contribution in [0.2, 0.25) is 0 Å². The lowest BCUT2D eigenvalue weighted by molar-refractivity contribution is 0.270. The molecule has 0 fully saturated rings. The molecule has 0 heterocycles. The highest BCUT2D eigenvalue weighted by molar-refractivity contribution is 9.43. The van der Waals surface area contributed by atoms with Crippen LogP contribution in [0.15, 0.2) is 0 Å². The first-order chi connectivity index (χ1) is 25.9. The van der Waals surface area contributed by atoms with Crippen LogP contribution in [0.3, 0.4) is 0 Å². The summed E-state index contributed by atoms with van der Waals surface area (Å²) in [6, 6.07) is 0. The van der Waals surface area contributed by atoms with Crippen molar-refractivity contribution < 1.29 is 12.6 Å². The Kier molecular flexibility index (Phi) is 34.3. The summed E-state index contributed by atoms with van der Waals surface area (Å²) >= 11 is 151. The lowest BCUT2D eigenvalue weighted by Crippen LogP contribution is -2.74. The average molecular weight is 3430 g/mol. The topological polar surface area (TPSA) is 43.4 Å². The van der Waals surface area contributed by atoms with E-state index < -0.39 is 71.5 Å². The van der Waals surface area contributed by atoms with E-state index >= 15 is 0 Å². The first-order valence-corrected chi connectivity index (χ1v) is 44.6. The molecule has 0 aliphatic rings. The minimum Gasteiger partial charge on any atom is -0.239 e. The molecule has 0 aromatic carbocycles. The van der Waals surface area contributed by atoms with E-state index in [0.29, 0.717) is 0 Å². The third kappa shape index (κ3) is 13.8. The van der Waals surface area contributed by atoms with Crippen molar-refractivity contribution >= 4 is 632 Å². The number of hydrogen-bond acceptors (Lipinski definition) is 3. The summed E-state index contributed by atoms with van der Waals surface area (Å²) in [6.07, 6.45) is 0. The largest absolute Gasteiger partial charge is 0.259 e. The fraction of sp³-hybridized carbons (Fsp3) is 1.00. The highest BCUT2D eigenvalue weighted by Crippen LogP contribution is 2.84. The minimum atomic E-state index is -3.36. The molecule has 0 aromatic rings. The number of alkyl halides is 39. The van der Waals surface area contributed by atoms with E-state index in [1.54, 1.807) is 0 Å². The van der Waals surface area contributed by atoms with Crippen molar-refractivity contribution in [1.29, 1.82) is 0 Å². The molecule has 0 amide bonds. The van der Waals surface area contributed by atoms with Gasteiger partial charge >= 0.3 is 0 Å². The standard InChI is InChI=1S/C19HBr39O3S/c20-1(21,2(22,23)4(26,27)6(30,31)8(34,35)10(38,39)12(42,43)14(46,47)16(50,51)18(54,55)56)3(24,25)5(28,29)7(32,33)9(36,37)11(40,41)13(44,45)15(48,49)17(52,53)19(57,58)61-62(59)60/h62H. The Labute approximate surface area is 687 Å². The molecular weight excluding hydrogens is 3420 g/mol. The van der Waals surface area contributed by atoms with Crippen LogP contribution in [0.4, 0.5) is 0 Å². The third-order valence-corrected chi connectivity index (χ3v) is 91.2. The Morgan fingerprint density at radius 3 is 0.419 bits per heavy atom. The summed E-state index contributed by atoms with van der Waals surface area (Å²) in [6.45, 7) is 0. The molecule has 0 rings (SSSR count). The van der Waals surface area contributed by atoms with Gasteiger partial charge in [-0.2, -0.15) is 0 Å². The molecule has 0 aliphatic carbocycles. The smallest absolute Gasteiger partial charge is 0.239 e. The summed E-state index contributed by atoms with van der Waals surface area (Å²) in [7, 11) is -3.36. The highest BCUT2D eigenvalue weighted by Gasteiger charge is 2.85. The minimum absolute atomic E-state index is 0.942. The molecule has 0 N–H and O–H groups in total. The fourth-order valence-electron chi connectivity index (χ4n) is 3.47. The molecule has 62 heavy (non-hydrogen) atoms. The SMILES string of the molecule is O=[SH](=O)OC(Br)(Br)C(Br)(Br)C(Br)(Br)C(Br)(Br)C(Br)(Br)C(Br)(Br)C(Br)(Br)C(Br)(Br)C(Br)(Br)C(Br)(Br)C(Br)(Br)C(Br)(Br)C(Br)(Br)C(Br)(Br)C(Br)(Br)C(Br)(Br)C(Br)(Br)C(Br)(Br)C(Br)(Br)Br. The molecule has 374 valence electrons. The normalized spacial score (nSPS) is 17.3. The van der Waals surface area contributed by atoms with E-state index in [0.717, 1.165) is 0 Å². The lowest BCUT2D eigenvalue weighted by atomic mass is 10.0. The van der Waals surface area contributed by atoms with Gasteiger partial charge in [-0.1, -0.05) is 589 Å². The van der Waals surface area contributed by atoms with Crippen LogP contribution in [-0.4, -0.2) is 69.0 Å². The molecule has 0 saturated heterocycles. The third-order valence-electron chi connectivity index (χ3n) is 7.22. The van der Waals surface area contributed by atoms with E-state index in [1.807, 2.05) is 0 Å². The summed E-state index contributed by atoms with van der Waals surface area (Å²) in [5.74, 6) is 0. The van der Waals surface area contributed by atoms with Crippen LogP contribution in [-0.2, 0) is 15.2 Å². The van der Waals surface area contributed by atoms with Crippen molar-refractivity contribution in [3.05, 3.63) is 0 Å². The van der Waals surface area contributed by atoms with E-state index in [-0.39, 0.29) is 0 Å². The van der Waals surface area contributed by atoms with Gasteiger partial charge in [-0.05, 0) is 31.9 Å².